The van der Waals surface area contributed by atoms with Crippen LogP contribution in [0.3, 0.4) is 0 Å². The van der Waals surface area contributed by atoms with E-state index in [-0.39, 0.29) is 18.2 Å². The van der Waals surface area contributed by atoms with Gasteiger partial charge in [0.05, 0.1) is 12.5 Å². The van der Waals surface area contributed by atoms with Crippen LogP contribution in [0, 0.1) is 10.1 Å². The molecule has 3 rings (SSSR count). The van der Waals surface area contributed by atoms with E-state index in [2.05, 4.69) is 10.6 Å². The number of rotatable bonds is 6. The molecule has 3 atom stereocenters. The van der Waals surface area contributed by atoms with Crippen molar-refractivity contribution in [3.05, 3.63) is 46.0 Å². The van der Waals surface area contributed by atoms with Crippen molar-refractivity contribution in [1.82, 2.24) is 15.5 Å². The Labute approximate surface area is 149 Å². The van der Waals surface area contributed by atoms with E-state index in [1.165, 1.54) is 4.90 Å². The predicted octanol–water partition coefficient (Wildman–Crippen LogP) is -0.520. The zero-order valence-corrected chi connectivity index (χ0v) is 14.1. The fraction of sp³-hybridized carbons (Fsp3) is 0.471. The summed E-state index contributed by atoms with van der Waals surface area (Å²) in [5.74, 6) is -0.955. The van der Waals surface area contributed by atoms with Gasteiger partial charge in [-0.05, 0) is 12.0 Å². The minimum absolute atomic E-state index is 0.166. The van der Waals surface area contributed by atoms with Crippen LogP contribution in [0.4, 0.5) is 0 Å². The van der Waals surface area contributed by atoms with Crippen molar-refractivity contribution in [3.63, 3.8) is 0 Å². The highest BCUT2D eigenvalue weighted by Crippen LogP contribution is 2.24. The van der Waals surface area contributed by atoms with E-state index in [4.69, 9.17) is 0 Å². The molecule has 9 heteroatoms. The summed E-state index contributed by atoms with van der Waals surface area (Å²) >= 11 is 0. The van der Waals surface area contributed by atoms with Crippen LogP contribution in [0.15, 0.2) is 30.3 Å². The van der Waals surface area contributed by atoms with Crippen LogP contribution < -0.4 is 10.6 Å². The molecular formula is C17H20N4O5. The molecule has 0 saturated carbocycles. The molecule has 1 aromatic carbocycles. The summed E-state index contributed by atoms with van der Waals surface area (Å²) in [5.41, 5.74) is 0.952. The van der Waals surface area contributed by atoms with Gasteiger partial charge in [0.15, 0.2) is 0 Å². The van der Waals surface area contributed by atoms with Crippen LogP contribution >= 0.6 is 0 Å². The molecule has 0 radical (unpaired) electrons. The first-order chi connectivity index (χ1) is 12.5. The van der Waals surface area contributed by atoms with Crippen molar-refractivity contribution < 1.29 is 19.3 Å². The molecule has 0 aromatic heterocycles. The molecule has 3 unspecified atom stereocenters. The minimum Gasteiger partial charge on any atom is -0.350 e. The molecule has 2 aliphatic heterocycles. The Morgan fingerprint density at radius 2 is 2.04 bits per heavy atom. The summed E-state index contributed by atoms with van der Waals surface area (Å²) in [4.78, 5) is 48.3. The van der Waals surface area contributed by atoms with Crippen LogP contribution in [0.5, 0.6) is 0 Å². The van der Waals surface area contributed by atoms with Crippen molar-refractivity contribution >= 4 is 17.7 Å². The van der Waals surface area contributed by atoms with Gasteiger partial charge in [-0.15, -0.1) is 0 Å². The third-order valence-corrected chi connectivity index (χ3v) is 4.71. The molecule has 26 heavy (non-hydrogen) atoms. The lowest BCUT2D eigenvalue weighted by molar-refractivity contribution is -0.478. The Kier molecular flexibility index (Phi) is 5.15. The van der Waals surface area contributed by atoms with Crippen LogP contribution in [-0.4, -0.2) is 58.8 Å². The quantitative estimate of drug-likeness (QED) is 0.522. The van der Waals surface area contributed by atoms with E-state index in [1.807, 2.05) is 30.3 Å². The lowest BCUT2D eigenvalue weighted by atomic mass is 9.99. The van der Waals surface area contributed by atoms with Gasteiger partial charge < -0.3 is 15.5 Å². The summed E-state index contributed by atoms with van der Waals surface area (Å²) in [5, 5.41) is 15.8. The normalized spacial score (nSPS) is 24.8. The fourth-order valence-corrected chi connectivity index (χ4v) is 3.49. The Morgan fingerprint density at radius 1 is 1.31 bits per heavy atom. The van der Waals surface area contributed by atoms with Crippen molar-refractivity contribution in [2.45, 2.75) is 37.4 Å². The highest BCUT2D eigenvalue weighted by molar-refractivity contribution is 5.98. The number of piperazine rings is 1. The van der Waals surface area contributed by atoms with E-state index >= 15 is 0 Å². The average molecular weight is 360 g/mol. The summed E-state index contributed by atoms with van der Waals surface area (Å²) in [6.45, 7) is -0.0837. The van der Waals surface area contributed by atoms with E-state index in [0.29, 0.717) is 19.4 Å². The van der Waals surface area contributed by atoms with Gasteiger partial charge in [0.25, 0.3) is 0 Å². The number of hydrogen-bond donors (Lipinski definition) is 2. The van der Waals surface area contributed by atoms with E-state index in [0.717, 1.165) is 5.56 Å². The fourth-order valence-electron chi connectivity index (χ4n) is 3.49. The maximum absolute atomic E-state index is 12.7. The van der Waals surface area contributed by atoms with E-state index in [1.54, 1.807) is 0 Å². The molecule has 138 valence electrons. The lowest BCUT2D eigenvalue weighted by Crippen LogP contribution is -2.65. The van der Waals surface area contributed by atoms with E-state index < -0.39 is 35.5 Å². The van der Waals surface area contributed by atoms with E-state index in [9.17, 15) is 24.5 Å². The number of carbonyl (C=O) groups excluding carboxylic acids is 3. The summed E-state index contributed by atoms with van der Waals surface area (Å²) < 4.78 is 0. The Balaban J connectivity index is 1.63. The number of hydrogen-bond acceptors (Lipinski definition) is 5. The minimum atomic E-state index is -0.755. The van der Waals surface area contributed by atoms with Crippen LogP contribution in [0.2, 0.25) is 0 Å². The molecule has 0 spiro atoms. The Bertz CT molecular complexity index is 723. The summed E-state index contributed by atoms with van der Waals surface area (Å²) in [6, 6.07) is 7.53. The molecule has 1 aromatic rings. The second kappa shape index (κ2) is 7.51. The maximum atomic E-state index is 12.7. The smallest absolute Gasteiger partial charge is 0.246 e. The number of fused-ring (bicyclic) bond motifs is 1. The molecule has 0 bridgehead atoms. The van der Waals surface area contributed by atoms with Crippen molar-refractivity contribution in [3.8, 4) is 0 Å². The van der Waals surface area contributed by atoms with Gasteiger partial charge in [-0.25, -0.2) is 0 Å². The molecular weight excluding hydrogens is 340 g/mol. The first kappa shape index (κ1) is 17.8. The predicted molar refractivity (Wildman–Crippen MR) is 90.6 cm³/mol. The van der Waals surface area contributed by atoms with Crippen molar-refractivity contribution in [2.75, 3.05) is 13.1 Å². The van der Waals surface area contributed by atoms with Gasteiger partial charge in [-0.3, -0.25) is 24.5 Å². The van der Waals surface area contributed by atoms with Crippen molar-refractivity contribution in [1.29, 1.82) is 0 Å². The lowest BCUT2D eigenvalue weighted by Gasteiger charge is -2.36. The maximum Gasteiger partial charge on any atom is 0.246 e. The van der Waals surface area contributed by atoms with Gasteiger partial charge in [-0.1, -0.05) is 30.3 Å². The van der Waals surface area contributed by atoms with Gasteiger partial charge in [0.2, 0.25) is 24.3 Å². The number of carbonyl (C=O) groups is 3. The molecule has 9 nitrogen and oxygen atoms in total. The zero-order valence-electron chi connectivity index (χ0n) is 14.1. The standard InChI is InChI=1S/C17H20N4O5/c22-14(7-9-21(25)26)18-12-6-8-20-15(12)16(23)19-13(17(20)24)10-11-4-2-1-3-5-11/h1-5,12-13,15H,6-10H2,(H,18,22)(H,19,23). The highest BCUT2D eigenvalue weighted by atomic mass is 16.6. The Morgan fingerprint density at radius 3 is 2.73 bits per heavy atom. The monoisotopic (exact) mass is 360 g/mol. The number of nitrogens with zero attached hydrogens (tertiary/aromatic N) is 2. The van der Waals surface area contributed by atoms with Gasteiger partial charge in [0.1, 0.15) is 12.1 Å². The third-order valence-electron chi connectivity index (χ3n) is 4.71. The van der Waals surface area contributed by atoms with Crippen LogP contribution in [-0.2, 0) is 20.8 Å². The van der Waals surface area contributed by atoms with Gasteiger partial charge in [0, 0.05) is 17.9 Å². The Hall–Kier alpha value is -2.97. The SMILES string of the molecule is O=C(CC[N+](=O)[O-])NC1CCN2C(=O)C(Cc3ccccc3)NC(=O)C12. The molecule has 2 N–H and O–H groups in total. The topological polar surface area (TPSA) is 122 Å². The number of nitro groups is 1. The number of benzene rings is 1. The molecule has 3 amide bonds. The van der Waals surface area contributed by atoms with Gasteiger partial charge >= 0.3 is 0 Å². The first-order valence-electron chi connectivity index (χ1n) is 8.51. The highest BCUT2D eigenvalue weighted by Gasteiger charge is 2.48. The second-order valence-electron chi connectivity index (χ2n) is 6.50. The molecule has 2 fully saturated rings. The molecule has 0 aliphatic carbocycles. The van der Waals surface area contributed by atoms with Crippen LogP contribution in [0.25, 0.3) is 0 Å². The molecule has 2 heterocycles. The molecule has 2 saturated heterocycles. The first-order valence-corrected chi connectivity index (χ1v) is 8.51. The summed E-state index contributed by atoms with van der Waals surface area (Å²) in [6.07, 6.45) is 0.614. The average Bonchev–Trinajstić information content (AvgIpc) is 3.03. The number of nitrogens with one attached hydrogen (secondary N) is 2. The zero-order chi connectivity index (χ0) is 18.7. The largest absolute Gasteiger partial charge is 0.350 e. The summed E-state index contributed by atoms with van der Waals surface area (Å²) in [7, 11) is 0. The third kappa shape index (κ3) is 3.81. The van der Waals surface area contributed by atoms with Gasteiger partial charge in [-0.2, -0.15) is 0 Å². The van der Waals surface area contributed by atoms with Crippen LogP contribution in [0.1, 0.15) is 18.4 Å². The molecule has 2 aliphatic rings. The second-order valence-corrected chi connectivity index (χ2v) is 6.50. The number of amides is 3. The van der Waals surface area contributed by atoms with Crippen molar-refractivity contribution in [2.24, 2.45) is 0 Å².